The van der Waals surface area contributed by atoms with Gasteiger partial charge in [0.25, 0.3) is 0 Å². The summed E-state index contributed by atoms with van der Waals surface area (Å²) in [6, 6.07) is 18.9. The average molecular weight is 343 g/mol. The number of anilines is 2. The van der Waals surface area contributed by atoms with E-state index in [0.717, 1.165) is 22.5 Å². The molecule has 2 heterocycles. The number of nitrogens with one attached hydrogen (secondary N) is 2. The number of fused-ring (bicyclic) bond motifs is 1. The predicted octanol–water partition coefficient (Wildman–Crippen LogP) is 4.34. The van der Waals surface area contributed by atoms with E-state index >= 15 is 0 Å². The highest BCUT2D eigenvalue weighted by atomic mass is 16.5. The summed E-state index contributed by atoms with van der Waals surface area (Å²) in [4.78, 5) is 20.7. The molecule has 5 heteroatoms. The van der Waals surface area contributed by atoms with Crippen molar-refractivity contribution in [3.8, 4) is 16.9 Å². The fourth-order valence-electron chi connectivity index (χ4n) is 2.90. The summed E-state index contributed by atoms with van der Waals surface area (Å²) < 4.78 is 5.19. The van der Waals surface area contributed by atoms with Crippen molar-refractivity contribution in [1.82, 2.24) is 9.97 Å². The number of para-hydroxylation sites is 1. The number of benzene rings is 2. The van der Waals surface area contributed by atoms with Crippen molar-refractivity contribution in [2.75, 3.05) is 12.4 Å². The number of H-pyrrole nitrogens is 1. The molecule has 128 valence electrons. The Hall–Kier alpha value is -3.60. The van der Waals surface area contributed by atoms with Gasteiger partial charge < -0.3 is 15.0 Å². The third-order valence-electron chi connectivity index (χ3n) is 4.23. The summed E-state index contributed by atoms with van der Waals surface area (Å²) in [6.07, 6.45) is 3.41. The lowest BCUT2D eigenvalue weighted by Gasteiger charge is -2.10. The molecule has 0 fully saturated rings. The molecule has 0 bridgehead atoms. The second-order valence-corrected chi connectivity index (χ2v) is 5.83. The van der Waals surface area contributed by atoms with Crippen LogP contribution in [-0.4, -0.2) is 17.1 Å². The molecule has 0 aliphatic rings. The van der Waals surface area contributed by atoms with Gasteiger partial charge in [0.05, 0.1) is 18.0 Å². The molecule has 0 saturated heterocycles. The molecule has 2 N–H and O–H groups in total. The number of pyridine rings is 2. The summed E-state index contributed by atoms with van der Waals surface area (Å²) in [5.74, 6) is 1.28. The highest BCUT2D eigenvalue weighted by Crippen LogP contribution is 2.24. The zero-order chi connectivity index (χ0) is 17.9. The molecular formula is C21H17N3O2. The quantitative estimate of drug-likeness (QED) is 0.578. The van der Waals surface area contributed by atoms with Crippen LogP contribution in [0.25, 0.3) is 22.0 Å². The average Bonchev–Trinajstić information content (AvgIpc) is 2.69. The zero-order valence-electron chi connectivity index (χ0n) is 14.2. The Balaban J connectivity index is 1.85. The van der Waals surface area contributed by atoms with E-state index in [4.69, 9.17) is 4.74 Å². The van der Waals surface area contributed by atoms with Gasteiger partial charge in [-0.15, -0.1) is 0 Å². The number of aromatic amines is 1. The number of ether oxygens (including phenoxy) is 1. The zero-order valence-corrected chi connectivity index (χ0v) is 14.2. The molecule has 0 aliphatic heterocycles. The summed E-state index contributed by atoms with van der Waals surface area (Å²) >= 11 is 0. The molecule has 0 amide bonds. The molecular weight excluding hydrogens is 326 g/mol. The van der Waals surface area contributed by atoms with Crippen molar-refractivity contribution in [3.05, 3.63) is 83.3 Å². The van der Waals surface area contributed by atoms with Crippen LogP contribution >= 0.6 is 0 Å². The highest BCUT2D eigenvalue weighted by molar-refractivity contribution is 5.93. The fraction of sp³-hybridized carbons (Fsp3) is 0.0476. The molecule has 0 spiro atoms. The Morgan fingerprint density at radius 2 is 1.77 bits per heavy atom. The molecule has 0 unspecified atom stereocenters. The summed E-state index contributed by atoms with van der Waals surface area (Å²) in [7, 11) is 1.62. The maximum absolute atomic E-state index is 13.2. The van der Waals surface area contributed by atoms with Crippen LogP contribution in [0.2, 0.25) is 0 Å². The van der Waals surface area contributed by atoms with Crippen LogP contribution in [0.15, 0.2) is 77.9 Å². The largest absolute Gasteiger partial charge is 0.497 e. The molecule has 0 aliphatic carbocycles. The van der Waals surface area contributed by atoms with E-state index in [1.165, 1.54) is 0 Å². The first-order chi connectivity index (χ1) is 12.8. The Morgan fingerprint density at radius 1 is 1.00 bits per heavy atom. The Bertz CT molecular complexity index is 1100. The van der Waals surface area contributed by atoms with E-state index < -0.39 is 0 Å². The maximum atomic E-state index is 13.2. The standard InChI is InChI=1S/C21H17N3O2/c1-26-16-9-7-14(8-10-16)17-13-23-18-11-12-22-21(19(18)20(17)25)24-15-5-3-2-4-6-15/h2-13H,1H3,(H,22,24)(H,23,25). The third-order valence-corrected chi connectivity index (χ3v) is 4.23. The van der Waals surface area contributed by atoms with E-state index in [1.807, 2.05) is 54.6 Å². The fourth-order valence-corrected chi connectivity index (χ4v) is 2.90. The van der Waals surface area contributed by atoms with Crippen molar-refractivity contribution in [1.29, 1.82) is 0 Å². The first kappa shape index (κ1) is 15.9. The van der Waals surface area contributed by atoms with Gasteiger partial charge in [0.1, 0.15) is 11.6 Å². The SMILES string of the molecule is COc1ccc(-c2c[nH]c3ccnc(Nc4ccccc4)c3c2=O)cc1. The van der Waals surface area contributed by atoms with Crippen LogP contribution in [0.5, 0.6) is 5.75 Å². The molecule has 26 heavy (non-hydrogen) atoms. The van der Waals surface area contributed by atoms with E-state index in [2.05, 4.69) is 15.3 Å². The van der Waals surface area contributed by atoms with Gasteiger partial charge in [-0.3, -0.25) is 4.79 Å². The predicted molar refractivity (Wildman–Crippen MR) is 104 cm³/mol. The van der Waals surface area contributed by atoms with Crippen LogP contribution in [-0.2, 0) is 0 Å². The van der Waals surface area contributed by atoms with E-state index in [0.29, 0.717) is 16.8 Å². The van der Waals surface area contributed by atoms with Gasteiger partial charge in [0, 0.05) is 23.6 Å². The monoisotopic (exact) mass is 343 g/mol. The first-order valence-corrected chi connectivity index (χ1v) is 8.23. The molecule has 0 saturated carbocycles. The smallest absolute Gasteiger partial charge is 0.200 e. The summed E-state index contributed by atoms with van der Waals surface area (Å²) in [5, 5.41) is 3.77. The normalized spacial score (nSPS) is 10.7. The number of aromatic nitrogens is 2. The van der Waals surface area contributed by atoms with Crippen LogP contribution in [0.3, 0.4) is 0 Å². The van der Waals surface area contributed by atoms with Crippen LogP contribution in [0, 0.1) is 0 Å². The summed E-state index contributed by atoms with van der Waals surface area (Å²) in [6.45, 7) is 0. The van der Waals surface area contributed by atoms with Crippen molar-refractivity contribution in [3.63, 3.8) is 0 Å². The minimum atomic E-state index is -0.0737. The third kappa shape index (κ3) is 2.91. The van der Waals surface area contributed by atoms with Gasteiger partial charge >= 0.3 is 0 Å². The van der Waals surface area contributed by atoms with Crippen LogP contribution in [0.1, 0.15) is 0 Å². The van der Waals surface area contributed by atoms with E-state index in [1.54, 1.807) is 25.6 Å². The molecule has 0 atom stereocenters. The van der Waals surface area contributed by atoms with E-state index in [-0.39, 0.29) is 5.43 Å². The van der Waals surface area contributed by atoms with Crippen molar-refractivity contribution < 1.29 is 4.74 Å². The van der Waals surface area contributed by atoms with Gasteiger partial charge in [-0.05, 0) is 35.9 Å². The van der Waals surface area contributed by atoms with Gasteiger partial charge in [-0.2, -0.15) is 0 Å². The van der Waals surface area contributed by atoms with E-state index in [9.17, 15) is 4.79 Å². The molecule has 4 aromatic rings. The Kier molecular flexibility index (Phi) is 4.11. The van der Waals surface area contributed by atoms with Crippen molar-refractivity contribution in [2.24, 2.45) is 0 Å². The second-order valence-electron chi connectivity index (χ2n) is 5.83. The van der Waals surface area contributed by atoms with Crippen LogP contribution in [0.4, 0.5) is 11.5 Å². The van der Waals surface area contributed by atoms with Gasteiger partial charge in [-0.25, -0.2) is 4.98 Å². The van der Waals surface area contributed by atoms with Gasteiger partial charge in [0.15, 0.2) is 0 Å². The molecule has 2 aromatic heterocycles. The Morgan fingerprint density at radius 3 is 2.50 bits per heavy atom. The number of hydrogen-bond acceptors (Lipinski definition) is 4. The molecule has 2 aromatic carbocycles. The van der Waals surface area contributed by atoms with Crippen molar-refractivity contribution >= 4 is 22.4 Å². The molecule has 4 rings (SSSR count). The lowest BCUT2D eigenvalue weighted by atomic mass is 10.0. The molecule has 0 radical (unpaired) electrons. The lowest BCUT2D eigenvalue weighted by Crippen LogP contribution is -2.09. The lowest BCUT2D eigenvalue weighted by molar-refractivity contribution is 0.415. The number of hydrogen-bond donors (Lipinski definition) is 2. The second kappa shape index (κ2) is 6.72. The highest BCUT2D eigenvalue weighted by Gasteiger charge is 2.12. The first-order valence-electron chi connectivity index (χ1n) is 8.23. The number of nitrogens with zero attached hydrogens (tertiary/aromatic N) is 1. The van der Waals surface area contributed by atoms with Gasteiger partial charge in [-0.1, -0.05) is 30.3 Å². The summed E-state index contributed by atoms with van der Waals surface area (Å²) in [5.41, 5.74) is 2.95. The van der Waals surface area contributed by atoms with Crippen LogP contribution < -0.4 is 15.5 Å². The van der Waals surface area contributed by atoms with Crippen molar-refractivity contribution in [2.45, 2.75) is 0 Å². The number of methoxy groups -OCH3 is 1. The maximum Gasteiger partial charge on any atom is 0.200 e. The topological polar surface area (TPSA) is 67.0 Å². The minimum Gasteiger partial charge on any atom is -0.497 e. The van der Waals surface area contributed by atoms with Gasteiger partial charge in [0.2, 0.25) is 5.43 Å². The Labute approximate surface area is 150 Å². The number of rotatable bonds is 4. The minimum absolute atomic E-state index is 0.0737. The molecule has 5 nitrogen and oxygen atoms in total.